The molecule has 10 heteroatoms. The molecule has 0 aromatic heterocycles. The predicted octanol–water partition coefficient (Wildman–Crippen LogP) is 1.25. The number of rotatable bonds is 4. The molecule has 0 heterocycles. The van der Waals surface area contributed by atoms with Crippen LogP contribution in [0.3, 0.4) is 0 Å². The maximum atomic E-state index is 12.8. The van der Waals surface area contributed by atoms with Gasteiger partial charge in [0, 0.05) is 11.8 Å². The third-order valence-electron chi connectivity index (χ3n) is 8.87. The van der Waals surface area contributed by atoms with Crippen molar-refractivity contribution < 1.29 is 38.7 Å². The van der Waals surface area contributed by atoms with Gasteiger partial charge in [-0.1, -0.05) is 19.4 Å². The van der Waals surface area contributed by atoms with Crippen molar-refractivity contribution in [2.45, 2.75) is 70.5 Å². The monoisotopic (exact) mass is 466 g/mol. The number of hydrogen-bond donors (Lipinski definition) is 4. The number of ketones is 2. The molecular formula is C21H32NaO8P. The Labute approximate surface area is 204 Å². The number of carbonyl (C=O) groups excluding carboxylic acids is 2. The van der Waals surface area contributed by atoms with Crippen LogP contribution in [0.4, 0.5) is 0 Å². The molecule has 3 saturated carbocycles. The first-order valence-electron chi connectivity index (χ1n) is 10.7. The molecule has 4 aliphatic carbocycles. The Balaban J connectivity index is 0.00000272. The van der Waals surface area contributed by atoms with Crippen molar-refractivity contribution in [2.75, 3.05) is 6.61 Å². The number of aliphatic hydroxyl groups excluding tert-OH is 1. The first-order valence-corrected chi connectivity index (χ1v) is 12.2. The molecule has 0 spiro atoms. The van der Waals surface area contributed by atoms with E-state index in [1.54, 1.807) is 6.08 Å². The van der Waals surface area contributed by atoms with Crippen molar-refractivity contribution in [1.29, 1.82) is 0 Å². The third kappa shape index (κ3) is 4.00. The van der Waals surface area contributed by atoms with Crippen LogP contribution in [0.2, 0.25) is 0 Å². The van der Waals surface area contributed by atoms with Gasteiger partial charge in [0.05, 0.1) is 6.10 Å². The van der Waals surface area contributed by atoms with E-state index in [0.29, 0.717) is 19.3 Å². The van der Waals surface area contributed by atoms with Crippen molar-refractivity contribution in [3.63, 3.8) is 0 Å². The van der Waals surface area contributed by atoms with E-state index >= 15 is 0 Å². The van der Waals surface area contributed by atoms with Gasteiger partial charge in [0.1, 0.15) is 12.2 Å². The number of phosphoric ester groups is 1. The second-order valence-corrected chi connectivity index (χ2v) is 11.4. The Morgan fingerprint density at radius 3 is 2.55 bits per heavy atom. The topological polar surface area (TPSA) is 141 Å². The summed E-state index contributed by atoms with van der Waals surface area (Å²) in [5.74, 6) is -0.522. The Morgan fingerprint density at radius 2 is 1.90 bits per heavy atom. The molecule has 170 valence electrons. The summed E-state index contributed by atoms with van der Waals surface area (Å²) in [6.07, 6.45) is 4.79. The Kier molecular flexibility index (Phi) is 6.97. The second-order valence-electron chi connectivity index (χ2n) is 10.2. The van der Waals surface area contributed by atoms with Gasteiger partial charge in [-0.15, -0.1) is 0 Å². The molecule has 0 radical (unpaired) electrons. The van der Waals surface area contributed by atoms with Gasteiger partial charge >= 0.3 is 37.4 Å². The van der Waals surface area contributed by atoms with E-state index in [-0.39, 0.29) is 71.4 Å². The van der Waals surface area contributed by atoms with Crippen molar-refractivity contribution in [3.8, 4) is 0 Å². The van der Waals surface area contributed by atoms with Crippen LogP contribution < -0.4 is 0 Å². The quantitative estimate of drug-likeness (QED) is 0.358. The Morgan fingerprint density at radius 1 is 1.23 bits per heavy atom. The SMILES string of the molecule is C[C@]12CCC(=O)C=C1CC[C@@H]1[C@@H]2[C@@H](O)C[C@@]2(C)[C@H]1CC[C@]2(O)C(=O)COP(=O)(O)O.[NaH]. The molecular weight excluding hydrogens is 434 g/mol. The molecule has 31 heavy (non-hydrogen) atoms. The normalized spacial score (nSPS) is 44.5. The zero-order valence-electron chi connectivity index (χ0n) is 17.4. The summed E-state index contributed by atoms with van der Waals surface area (Å²) in [4.78, 5) is 42.6. The first-order chi connectivity index (χ1) is 13.8. The average Bonchev–Trinajstić information content (AvgIpc) is 2.91. The number of carbonyl (C=O) groups is 2. The van der Waals surface area contributed by atoms with Gasteiger partial charge in [0.2, 0.25) is 0 Å². The van der Waals surface area contributed by atoms with E-state index in [9.17, 15) is 24.4 Å². The summed E-state index contributed by atoms with van der Waals surface area (Å²) in [6, 6.07) is 0. The van der Waals surface area contributed by atoms with Gasteiger partial charge in [-0.05, 0) is 67.8 Å². The molecule has 3 fully saturated rings. The van der Waals surface area contributed by atoms with E-state index in [0.717, 1.165) is 18.4 Å². The zero-order chi connectivity index (χ0) is 22.1. The van der Waals surface area contributed by atoms with Gasteiger partial charge in [0.15, 0.2) is 11.6 Å². The van der Waals surface area contributed by atoms with Crippen LogP contribution in [0.1, 0.15) is 58.8 Å². The summed E-state index contributed by atoms with van der Waals surface area (Å²) >= 11 is 0. The van der Waals surface area contributed by atoms with Gasteiger partial charge in [-0.2, -0.15) is 0 Å². The van der Waals surface area contributed by atoms with Gasteiger partial charge in [-0.25, -0.2) is 4.57 Å². The molecule has 0 aliphatic heterocycles. The molecule has 0 unspecified atom stereocenters. The first kappa shape index (κ1) is 25.7. The fraction of sp³-hybridized carbons (Fsp3) is 0.810. The van der Waals surface area contributed by atoms with Crippen molar-refractivity contribution in [3.05, 3.63) is 11.6 Å². The average molecular weight is 466 g/mol. The molecule has 0 bridgehead atoms. The molecule has 7 atom stereocenters. The van der Waals surface area contributed by atoms with Crippen molar-refractivity contribution in [2.24, 2.45) is 28.6 Å². The molecule has 0 aromatic carbocycles. The van der Waals surface area contributed by atoms with Gasteiger partial charge in [-0.3, -0.25) is 14.1 Å². The van der Waals surface area contributed by atoms with Crippen LogP contribution in [0.25, 0.3) is 0 Å². The predicted molar refractivity (Wildman–Crippen MR) is 113 cm³/mol. The summed E-state index contributed by atoms with van der Waals surface area (Å²) in [5.41, 5.74) is -1.84. The zero-order valence-corrected chi connectivity index (χ0v) is 18.3. The van der Waals surface area contributed by atoms with E-state index < -0.39 is 37.3 Å². The van der Waals surface area contributed by atoms with E-state index in [1.807, 2.05) is 6.92 Å². The molecule has 4 rings (SSSR count). The fourth-order valence-electron chi connectivity index (χ4n) is 7.41. The second kappa shape index (κ2) is 8.40. The van der Waals surface area contributed by atoms with E-state index in [1.165, 1.54) is 0 Å². The van der Waals surface area contributed by atoms with Gasteiger partial charge < -0.3 is 20.0 Å². The molecule has 4 N–H and O–H groups in total. The molecule has 0 saturated heterocycles. The number of Topliss-reactive ketones (excluding diaryl/α,β-unsaturated/α-hetero) is 1. The van der Waals surface area contributed by atoms with Crippen LogP contribution in [0, 0.1) is 28.6 Å². The number of fused-ring (bicyclic) bond motifs is 5. The van der Waals surface area contributed by atoms with E-state index in [2.05, 4.69) is 11.4 Å². The van der Waals surface area contributed by atoms with E-state index in [4.69, 9.17) is 9.79 Å². The Hall–Kier alpha value is 0.110. The van der Waals surface area contributed by atoms with Crippen LogP contribution in [0.5, 0.6) is 0 Å². The number of phosphoric acid groups is 1. The van der Waals surface area contributed by atoms with Crippen LogP contribution in [-0.2, 0) is 18.7 Å². The number of hydrogen-bond acceptors (Lipinski definition) is 6. The minimum absolute atomic E-state index is 0. The third-order valence-corrected chi connectivity index (χ3v) is 9.34. The number of allylic oxidation sites excluding steroid dienone is 1. The minimum atomic E-state index is -4.83. The van der Waals surface area contributed by atoms with Crippen LogP contribution >= 0.6 is 7.82 Å². The van der Waals surface area contributed by atoms with Crippen LogP contribution in [-0.4, -0.2) is 79.4 Å². The van der Waals surface area contributed by atoms with Gasteiger partial charge in [0.25, 0.3) is 0 Å². The summed E-state index contributed by atoms with van der Waals surface area (Å²) in [7, 11) is -4.83. The summed E-state index contributed by atoms with van der Waals surface area (Å²) in [5, 5.41) is 22.7. The molecule has 0 aromatic rings. The van der Waals surface area contributed by atoms with Crippen LogP contribution in [0.15, 0.2) is 11.6 Å². The Bertz CT molecular complexity index is 854. The molecule has 4 aliphatic rings. The standard InChI is InChI=1S/C21H31O8P.Na.H/c1-19-7-5-13(22)9-12(19)3-4-14-15-6-8-21(25,17(24)11-29-30(26,27)28)20(15,2)10-16(23)18(14)19;;/h9,14-16,18,23,25H,3-8,10-11H2,1-2H3,(H2,26,27,28);;/t14-,15-,16-,18+,19-,20-,21-;;/m0../s1. The summed E-state index contributed by atoms with van der Waals surface area (Å²) in [6.45, 7) is 3.09. The van der Waals surface area contributed by atoms with Crippen molar-refractivity contribution in [1.82, 2.24) is 0 Å². The fourth-order valence-corrected chi connectivity index (χ4v) is 7.70. The number of aliphatic hydroxyl groups is 2. The molecule has 0 amide bonds. The van der Waals surface area contributed by atoms with Crippen molar-refractivity contribution >= 4 is 48.9 Å². The molecule has 8 nitrogen and oxygen atoms in total. The summed E-state index contributed by atoms with van der Waals surface area (Å²) < 4.78 is 15.4. The maximum absolute atomic E-state index is 12.8.